The van der Waals surface area contributed by atoms with E-state index in [1.165, 1.54) is 0 Å². The summed E-state index contributed by atoms with van der Waals surface area (Å²) < 4.78 is 67.3. The Kier molecular flexibility index (Phi) is 6.85. The molecule has 148 valence electrons. The van der Waals surface area contributed by atoms with Crippen molar-refractivity contribution in [2.24, 2.45) is 0 Å². The molecule has 10 heteroatoms. The molecule has 2 rings (SSSR count). The summed E-state index contributed by atoms with van der Waals surface area (Å²) >= 11 is 5.91. The lowest BCUT2D eigenvalue weighted by atomic mass is 10.1. The number of nitrogens with one attached hydrogen (secondary N) is 2. The van der Waals surface area contributed by atoms with Gasteiger partial charge in [0, 0.05) is 11.1 Å². The smallest absolute Gasteiger partial charge is 0.241 e. The number of sulfonamides is 2. The van der Waals surface area contributed by atoms with Gasteiger partial charge in [-0.05, 0) is 49.2 Å². The largest absolute Gasteiger partial charge is 0.281 e. The summed E-state index contributed by atoms with van der Waals surface area (Å²) in [6, 6.07) is 9.10. The lowest BCUT2D eigenvalue weighted by molar-refractivity contribution is 0.564. The first-order chi connectivity index (χ1) is 12.5. The second kappa shape index (κ2) is 8.55. The van der Waals surface area contributed by atoms with Gasteiger partial charge in [-0.25, -0.2) is 25.9 Å². The number of benzene rings is 2. The van der Waals surface area contributed by atoms with E-state index in [-0.39, 0.29) is 16.3 Å². The van der Waals surface area contributed by atoms with Crippen molar-refractivity contribution in [1.29, 1.82) is 0 Å². The lowest BCUT2D eigenvalue weighted by Gasteiger charge is -2.16. The zero-order valence-electron chi connectivity index (χ0n) is 14.7. The van der Waals surface area contributed by atoms with Gasteiger partial charge < -0.3 is 0 Å². The van der Waals surface area contributed by atoms with E-state index < -0.39 is 31.9 Å². The first-order valence-electron chi connectivity index (χ1n) is 8.12. The summed E-state index contributed by atoms with van der Waals surface area (Å²) in [5.74, 6) is -1.14. The summed E-state index contributed by atoms with van der Waals surface area (Å²) in [7, 11) is -7.71. The highest BCUT2D eigenvalue weighted by Gasteiger charge is 2.21. The third-order valence-corrected chi connectivity index (χ3v) is 6.92. The molecule has 0 fully saturated rings. The first kappa shape index (κ1) is 21.6. The topological polar surface area (TPSA) is 92.3 Å². The number of anilines is 1. The van der Waals surface area contributed by atoms with E-state index in [9.17, 15) is 21.2 Å². The molecule has 2 N–H and O–H groups in total. The van der Waals surface area contributed by atoms with E-state index in [1.54, 1.807) is 38.1 Å². The molecule has 0 aliphatic heterocycles. The van der Waals surface area contributed by atoms with Crippen molar-refractivity contribution in [2.45, 2.75) is 31.2 Å². The third kappa shape index (κ3) is 5.90. The van der Waals surface area contributed by atoms with Gasteiger partial charge in [-0.3, -0.25) is 4.72 Å². The fraction of sp³-hybridized carbons (Fsp3) is 0.294. The average Bonchev–Trinajstić information content (AvgIpc) is 2.56. The highest BCUT2D eigenvalue weighted by atomic mass is 35.5. The van der Waals surface area contributed by atoms with Gasteiger partial charge in [-0.15, -0.1) is 0 Å². The van der Waals surface area contributed by atoms with Crippen molar-refractivity contribution >= 4 is 37.3 Å². The van der Waals surface area contributed by atoms with Gasteiger partial charge in [-0.1, -0.05) is 30.7 Å². The minimum Gasteiger partial charge on any atom is -0.281 e. The van der Waals surface area contributed by atoms with Gasteiger partial charge in [-0.2, -0.15) is 0 Å². The standard InChI is InChI=1S/C17H20ClFN2O4S2/c1-3-9-26(22,23)21-17-8-7-15(11-16(17)19)27(24,25)20-12(2)13-5-4-6-14(18)10-13/h4-8,10-12,20-21H,3,9H2,1-2H3/t12-/m1/s1. The maximum Gasteiger partial charge on any atom is 0.241 e. The third-order valence-electron chi connectivity index (χ3n) is 3.67. The predicted octanol–water partition coefficient (Wildman–Crippen LogP) is 3.67. The van der Waals surface area contributed by atoms with Crippen LogP contribution in [0.2, 0.25) is 5.02 Å². The Labute approximate surface area is 163 Å². The van der Waals surface area contributed by atoms with E-state index in [0.717, 1.165) is 18.2 Å². The molecule has 0 saturated heterocycles. The van der Waals surface area contributed by atoms with Gasteiger partial charge in [0.1, 0.15) is 5.82 Å². The number of hydrogen-bond acceptors (Lipinski definition) is 4. The Hall–Kier alpha value is -1.68. The van der Waals surface area contributed by atoms with Crippen molar-refractivity contribution in [1.82, 2.24) is 4.72 Å². The summed E-state index contributed by atoms with van der Waals surface area (Å²) in [5, 5.41) is 0.466. The van der Waals surface area contributed by atoms with Gasteiger partial charge in [0.05, 0.1) is 16.3 Å². The molecule has 0 aliphatic carbocycles. The highest BCUT2D eigenvalue weighted by Crippen LogP contribution is 2.23. The van der Waals surface area contributed by atoms with Crippen LogP contribution in [0.25, 0.3) is 0 Å². The SMILES string of the molecule is CCCS(=O)(=O)Nc1ccc(S(=O)(=O)N[C@H](C)c2cccc(Cl)c2)cc1F. The van der Waals surface area contributed by atoms with E-state index in [1.807, 2.05) is 0 Å². The van der Waals surface area contributed by atoms with Crippen LogP contribution in [0, 0.1) is 5.82 Å². The van der Waals surface area contributed by atoms with Crippen LogP contribution in [-0.2, 0) is 20.0 Å². The van der Waals surface area contributed by atoms with Crippen molar-refractivity contribution in [3.63, 3.8) is 0 Å². The second-order valence-corrected chi connectivity index (χ2v) is 9.95. The van der Waals surface area contributed by atoms with Gasteiger partial charge in [0.25, 0.3) is 0 Å². The van der Waals surface area contributed by atoms with Crippen molar-refractivity contribution in [2.75, 3.05) is 10.5 Å². The lowest BCUT2D eigenvalue weighted by Crippen LogP contribution is -2.27. The van der Waals surface area contributed by atoms with Gasteiger partial charge >= 0.3 is 0 Å². The zero-order valence-corrected chi connectivity index (χ0v) is 17.1. The molecule has 1 atom stereocenters. The summed E-state index contributed by atoms with van der Waals surface area (Å²) in [6.45, 7) is 3.31. The Balaban J connectivity index is 2.22. The minimum absolute atomic E-state index is 0.162. The van der Waals surface area contributed by atoms with Crippen LogP contribution >= 0.6 is 11.6 Å². The predicted molar refractivity (Wildman–Crippen MR) is 104 cm³/mol. The maximum atomic E-state index is 14.2. The molecule has 0 amide bonds. The van der Waals surface area contributed by atoms with Crippen LogP contribution in [0.1, 0.15) is 31.9 Å². The average molecular weight is 435 g/mol. The van der Waals surface area contributed by atoms with E-state index >= 15 is 0 Å². The molecule has 0 unspecified atom stereocenters. The molecule has 0 saturated carbocycles. The molecule has 0 radical (unpaired) electrons. The first-order valence-corrected chi connectivity index (χ1v) is 11.6. The van der Waals surface area contributed by atoms with Gasteiger partial charge in [0.2, 0.25) is 20.0 Å². The van der Waals surface area contributed by atoms with Crippen LogP contribution in [0.5, 0.6) is 0 Å². The summed E-state index contributed by atoms with van der Waals surface area (Å²) in [4.78, 5) is -0.313. The van der Waals surface area contributed by atoms with Crippen molar-refractivity contribution in [3.05, 3.63) is 58.9 Å². The van der Waals surface area contributed by atoms with E-state index in [4.69, 9.17) is 11.6 Å². The molecule has 0 bridgehead atoms. The Morgan fingerprint density at radius 2 is 1.81 bits per heavy atom. The minimum atomic E-state index is -4.02. The molecule has 0 aliphatic rings. The fourth-order valence-electron chi connectivity index (χ4n) is 2.38. The second-order valence-electron chi connectivity index (χ2n) is 5.96. The van der Waals surface area contributed by atoms with Crippen LogP contribution < -0.4 is 9.44 Å². The monoisotopic (exact) mass is 434 g/mol. The molecular weight excluding hydrogens is 415 g/mol. The zero-order chi connectivity index (χ0) is 20.2. The van der Waals surface area contributed by atoms with Crippen molar-refractivity contribution in [3.8, 4) is 0 Å². The molecule has 0 aromatic heterocycles. The quantitative estimate of drug-likeness (QED) is 0.663. The summed E-state index contributed by atoms with van der Waals surface area (Å²) in [5.41, 5.74) is 0.348. The molecule has 6 nitrogen and oxygen atoms in total. The number of halogens is 2. The Morgan fingerprint density at radius 3 is 2.41 bits per heavy atom. The Bertz CT molecular complexity index is 1030. The fourth-order valence-corrected chi connectivity index (χ4v) is 4.96. The highest BCUT2D eigenvalue weighted by molar-refractivity contribution is 7.92. The molecule has 27 heavy (non-hydrogen) atoms. The number of hydrogen-bond donors (Lipinski definition) is 2. The van der Waals surface area contributed by atoms with E-state index in [0.29, 0.717) is 17.0 Å². The van der Waals surface area contributed by atoms with Crippen LogP contribution in [0.15, 0.2) is 47.4 Å². The molecule has 0 heterocycles. The van der Waals surface area contributed by atoms with Gasteiger partial charge in [0.15, 0.2) is 0 Å². The van der Waals surface area contributed by atoms with Crippen molar-refractivity contribution < 1.29 is 21.2 Å². The Morgan fingerprint density at radius 1 is 1.11 bits per heavy atom. The summed E-state index contributed by atoms with van der Waals surface area (Å²) in [6.07, 6.45) is 0.370. The molecular formula is C17H20ClFN2O4S2. The maximum absolute atomic E-state index is 14.2. The molecule has 2 aromatic rings. The normalized spacial score (nSPS) is 13.3. The van der Waals surface area contributed by atoms with Crippen LogP contribution in [-0.4, -0.2) is 22.6 Å². The van der Waals surface area contributed by atoms with E-state index in [2.05, 4.69) is 9.44 Å². The number of rotatable bonds is 8. The van der Waals surface area contributed by atoms with Crippen LogP contribution in [0.4, 0.5) is 10.1 Å². The molecule has 0 spiro atoms. The molecule has 2 aromatic carbocycles. The van der Waals surface area contributed by atoms with Crippen LogP contribution in [0.3, 0.4) is 0 Å².